The molecule has 0 saturated heterocycles. The lowest BCUT2D eigenvalue weighted by atomic mass is 10.1. The Kier molecular flexibility index (Phi) is 5.88. The molecule has 0 bridgehead atoms. The first-order valence-corrected chi connectivity index (χ1v) is 10.6. The highest BCUT2D eigenvalue weighted by molar-refractivity contribution is 7.99. The number of carbonyl (C=O) groups is 2. The van der Waals surface area contributed by atoms with E-state index in [9.17, 15) is 9.59 Å². The summed E-state index contributed by atoms with van der Waals surface area (Å²) in [6.45, 7) is 3.68. The maximum Gasteiger partial charge on any atom is 0.316 e. The number of benzene rings is 1. The van der Waals surface area contributed by atoms with Crippen molar-refractivity contribution in [3.63, 3.8) is 0 Å². The predicted molar refractivity (Wildman–Crippen MR) is 105 cm³/mol. The van der Waals surface area contributed by atoms with Crippen molar-refractivity contribution in [2.24, 2.45) is 0 Å². The van der Waals surface area contributed by atoms with Gasteiger partial charge in [-0.05, 0) is 30.9 Å². The molecule has 7 heteroatoms. The van der Waals surface area contributed by atoms with Crippen LogP contribution in [-0.4, -0.2) is 29.1 Å². The number of aromatic nitrogens is 1. The van der Waals surface area contributed by atoms with Crippen LogP contribution in [0.25, 0.3) is 10.1 Å². The Morgan fingerprint density at radius 3 is 2.76 bits per heavy atom. The Morgan fingerprint density at radius 1 is 1.24 bits per heavy atom. The largest absolute Gasteiger partial charge is 0.457 e. The molecule has 0 aliphatic carbocycles. The molecule has 130 valence electrons. The smallest absolute Gasteiger partial charge is 0.316 e. The highest BCUT2D eigenvalue weighted by atomic mass is 32.2. The number of nitrogens with zero attached hydrogens (tertiary/aromatic N) is 1. The van der Waals surface area contributed by atoms with E-state index in [0.717, 1.165) is 26.4 Å². The molecular weight excluding hydrogens is 374 g/mol. The number of hydrogen-bond donors (Lipinski definition) is 0. The van der Waals surface area contributed by atoms with E-state index in [1.54, 1.807) is 11.3 Å². The second-order valence-corrected chi connectivity index (χ2v) is 8.59. The van der Waals surface area contributed by atoms with Gasteiger partial charge in [0.2, 0.25) is 5.78 Å². The number of aryl methyl sites for hydroxylation is 2. The zero-order valence-electron chi connectivity index (χ0n) is 13.9. The Morgan fingerprint density at radius 2 is 2.04 bits per heavy atom. The van der Waals surface area contributed by atoms with Gasteiger partial charge in [-0.3, -0.25) is 9.59 Å². The number of carbonyl (C=O) groups excluding carboxylic acids is 2. The molecule has 0 saturated carbocycles. The number of esters is 1. The predicted octanol–water partition coefficient (Wildman–Crippen LogP) is 4.63. The summed E-state index contributed by atoms with van der Waals surface area (Å²) in [4.78, 5) is 29.2. The summed E-state index contributed by atoms with van der Waals surface area (Å²) >= 11 is 4.48. The lowest BCUT2D eigenvalue weighted by Crippen LogP contribution is -2.15. The second-order valence-electron chi connectivity index (χ2n) is 5.49. The molecule has 0 aliphatic rings. The number of ether oxygens (including phenoxy) is 1. The topological polar surface area (TPSA) is 56.3 Å². The molecule has 2 heterocycles. The van der Waals surface area contributed by atoms with Gasteiger partial charge in [0.15, 0.2) is 6.61 Å². The molecule has 0 aliphatic heterocycles. The van der Waals surface area contributed by atoms with Crippen LogP contribution in [0.1, 0.15) is 25.9 Å². The first-order chi connectivity index (χ1) is 12.0. The number of fused-ring (bicyclic) bond motifs is 1. The van der Waals surface area contributed by atoms with Crippen molar-refractivity contribution >= 4 is 56.3 Å². The fourth-order valence-electron chi connectivity index (χ4n) is 2.41. The monoisotopic (exact) mass is 391 g/mol. The summed E-state index contributed by atoms with van der Waals surface area (Å²) in [5.74, 6) is 0.370. The van der Waals surface area contributed by atoms with Gasteiger partial charge in [-0.1, -0.05) is 18.2 Å². The number of rotatable bonds is 7. The highest BCUT2D eigenvalue weighted by Gasteiger charge is 2.17. The quantitative estimate of drug-likeness (QED) is 0.434. The van der Waals surface area contributed by atoms with Crippen molar-refractivity contribution in [1.82, 2.24) is 4.98 Å². The van der Waals surface area contributed by atoms with E-state index in [0.29, 0.717) is 10.6 Å². The van der Waals surface area contributed by atoms with Gasteiger partial charge in [-0.25, -0.2) is 4.98 Å². The zero-order valence-corrected chi connectivity index (χ0v) is 16.4. The third kappa shape index (κ3) is 4.48. The van der Waals surface area contributed by atoms with Gasteiger partial charge in [0.1, 0.15) is 0 Å². The lowest BCUT2D eigenvalue weighted by Gasteiger charge is -2.03. The maximum atomic E-state index is 12.4. The maximum absolute atomic E-state index is 12.4. The number of ketones is 1. The van der Waals surface area contributed by atoms with Crippen LogP contribution in [0.2, 0.25) is 0 Å². The first kappa shape index (κ1) is 18.1. The molecule has 0 amide bonds. The van der Waals surface area contributed by atoms with Crippen molar-refractivity contribution in [3.05, 3.63) is 50.8 Å². The molecular formula is C18H17NO3S3. The average Bonchev–Trinajstić information content (AvgIpc) is 3.17. The number of thiazole rings is 1. The second kappa shape index (κ2) is 8.12. The Bertz CT molecular complexity index is 913. The van der Waals surface area contributed by atoms with Crippen LogP contribution in [0.15, 0.2) is 29.6 Å². The van der Waals surface area contributed by atoms with Gasteiger partial charge >= 0.3 is 5.97 Å². The van der Waals surface area contributed by atoms with E-state index in [4.69, 9.17) is 4.74 Å². The van der Waals surface area contributed by atoms with Crippen LogP contribution in [-0.2, 0) is 15.3 Å². The molecule has 3 rings (SSSR count). The lowest BCUT2D eigenvalue weighted by molar-refractivity contribution is -0.139. The van der Waals surface area contributed by atoms with E-state index < -0.39 is 0 Å². The molecule has 0 unspecified atom stereocenters. The van der Waals surface area contributed by atoms with Crippen LogP contribution in [0, 0.1) is 13.8 Å². The molecule has 1 aromatic carbocycles. The highest BCUT2D eigenvalue weighted by Crippen LogP contribution is 2.30. The molecule has 25 heavy (non-hydrogen) atoms. The Balaban J connectivity index is 1.49. The first-order valence-electron chi connectivity index (χ1n) is 7.70. The zero-order chi connectivity index (χ0) is 17.8. The number of hydrogen-bond acceptors (Lipinski definition) is 7. The summed E-state index contributed by atoms with van der Waals surface area (Å²) in [5.41, 5.74) is 1.92. The molecule has 0 spiro atoms. The molecule has 3 aromatic rings. The van der Waals surface area contributed by atoms with Crippen molar-refractivity contribution < 1.29 is 14.3 Å². The average molecular weight is 392 g/mol. The van der Waals surface area contributed by atoms with Crippen LogP contribution < -0.4 is 0 Å². The minimum absolute atomic E-state index is 0.146. The van der Waals surface area contributed by atoms with E-state index >= 15 is 0 Å². The number of thioether (sulfide) groups is 1. The molecule has 0 radical (unpaired) electrons. The summed E-state index contributed by atoms with van der Waals surface area (Å²) in [6.07, 6.45) is 0. The van der Waals surface area contributed by atoms with Gasteiger partial charge in [-0.15, -0.1) is 34.4 Å². The van der Waals surface area contributed by atoms with Gasteiger partial charge < -0.3 is 4.74 Å². The van der Waals surface area contributed by atoms with Crippen LogP contribution in [0.4, 0.5) is 0 Å². The fourth-order valence-corrected chi connectivity index (χ4v) is 4.97. The van der Waals surface area contributed by atoms with Crippen molar-refractivity contribution in [2.45, 2.75) is 19.6 Å². The molecule has 4 nitrogen and oxygen atoms in total. The minimum Gasteiger partial charge on any atom is -0.457 e. The van der Waals surface area contributed by atoms with E-state index in [-0.39, 0.29) is 24.1 Å². The molecule has 2 aromatic heterocycles. The summed E-state index contributed by atoms with van der Waals surface area (Å²) in [7, 11) is 0. The fraction of sp³-hybridized carbons (Fsp3) is 0.278. The van der Waals surface area contributed by atoms with Crippen molar-refractivity contribution in [2.75, 3.05) is 12.4 Å². The normalized spacial score (nSPS) is 11.0. The number of thiophene rings is 1. The van der Waals surface area contributed by atoms with E-state index in [2.05, 4.69) is 4.98 Å². The minimum atomic E-state index is -0.371. The molecule has 0 atom stereocenters. The summed E-state index contributed by atoms with van der Waals surface area (Å²) < 4.78 is 6.20. The standard InChI is InChI=1S/C18H17NO3S3/c1-11-14-5-3-4-6-16(14)25-18(11)15(20)7-22-17(21)10-23-8-13-9-24-12(2)19-13/h3-6,9H,7-8,10H2,1-2H3. The Hall–Kier alpha value is -1.70. The van der Waals surface area contributed by atoms with Crippen molar-refractivity contribution in [3.8, 4) is 0 Å². The van der Waals surface area contributed by atoms with E-state index in [1.807, 2.05) is 43.5 Å². The van der Waals surface area contributed by atoms with Gasteiger partial charge in [0.25, 0.3) is 0 Å². The van der Waals surface area contributed by atoms with Gasteiger partial charge in [-0.2, -0.15) is 0 Å². The third-order valence-electron chi connectivity index (χ3n) is 3.60. The summed E-state index contributed by atoms with van der Waals surface area (Å²) in [5, 5.41) is 4.08. The van der Waals surface area contributed by atoms with E-state index in [1.165, 1.54) is 23.1 Å². The Labute approximate surface area is 158 Å². The number of Topliss-reactive ketones (excluding diaryl/α,β-unsaturated/α-hetero) is 1. The van der Waals surface area contributed by atoms with Crippen LogP contribution in [0.3, 0.4) is 0 Å². The third-order valence-corrected chi connectivity index (χ3v) is 6.67. The van der Waals surface area contributed by atoms with Crippen LogP contribution in [0.5, 0.6) is 0 Å². The van der Waals surface area contributed by atoms with Crippen LogP contribution >= 0.6 is 34.4 Å². The SMILES string of the molecule is Cc1nc(CSCC(=O)OCC(=O)c2sc3ccccc3c2C)cs1. The molecule has 0 fully saturated rings. The van der Waals surface area contributed by atoms with Gasteiger partial charge in [0, 0.05) is 15.8 Å². The van der Waals surface area contributed by atoms with Gasteiger partial charge in [0.05, 0.1) is 21.3 Å². The van der Waals surface area contributed by atoms with Crippen molar-refractivity contribution in [1.29, 1.82) is 0 Å². The molecule has 0 N–H and O–H groups in total. The summed E-state index contributed by atoms with van der Waals surface area (Å²) in [6, 6.07) is 7.90.